The Kier molecular flexibility index (Phi) is 10.0. The monoisotopic (exact) mass is 863 g/mol. The van der Waals surface area contributed by atoms with Gasteiger partial charge in [-0.05, 0) is 111 Å². The highest BCUT2D eigenvalue weighted by atomic mass is 15.1. The molecule has 0 N–H and O–H groups in total. The Morgan fingerprint density at radius 3 is 1.11 bits per heavy atom. The predicted octanol–water partition coefficient (Wildman–Crippen LogP) is 16.3. The van der Waals surface area contributed by atoms with E-state index in [2.05, 4.69) is 244 Å². The van der Waals surface area contributed by atoms with E-state index in [0.29, 0.717) is 17.5 Å². The zero-order chi connectivity index (χ0) is 46.5. The maximum atomic E-state index is 5.64. The molecule has 0 radical (unpaired) electrons. The molecule has 5 nitrogen and oxygen atoms in total. The molecule has 0 fully saturated rings. The van der Waals surface area contributed by atoms with Gasteiger partial charge in [-0.2, -0.15) is 0 Å². The normalized spacial score (nSPS) is 12.8. The molecule has 0 unspecified atom stereocenters. The molecule has 3 heterocycles. The Morgan fingerprint density at radius 1 is 0.318 bits per heavy atom. The molecule has 5 heteroatoms. The number of fused-ring (bicyclic) bond motifs is 6. The van der Waals surface area contributed by atoms with Gasteiger partial charge >= 0.3 is 0 Å². The van der Waals surface area contributed by atoms with Crippen molar-refractivity contribution in [3.63, 3.8) is 0 Å². The van der Waals surface area contributed by atoms with Gasteiger partial charge in [0, 0.05) is 43.9 Å². The molecule has 3 aromatic heterocycles. The maximum absolute atomic E-state index is 5.64. The molecule has 0 spiro atoms. The summed E-state index contributed by atoms with van der Waals surface area (Å²) in [5.74, 6) is 1.93. The van der Waals surface area contributed by atoms with Crippen LogP contribution in [0.1, 0.15) is 105 Å². The Bertz CT molecular complexity index is 3290. The number of nitrogens with zero attached hydrogens (tertiary/aromatic N) is 5. The summed E-state index contributed by atoms with van der Waals surface area (Å²) in [5, 5.41) is 4.74. The fourth-order valence-electron chi connectivity index (χ4n) is 9.41. The Morgan fingerprint density at radius 2 is 0.682 bits per heavy atom. The van der Waals surface area contributed by atoms with Crippen molar-refractivity contribution < 1.29 is 0 Å². The van der Waals surface area contributed by atoms with Crippen LogP contribution >= 0.6 is 0 Å². The van der Waals surface area contributed by atoms with E-state index in [1.807, 2.05) is 0 Å². The molecule has 0 bridgehead atoms. The first-order valence-corrected chi connectivity index (χ1v) is 23.4. The van der Waals surface area contributed by atoms with Crippen molar-refractivity contribution in [2.75, 3.05) is 0 Å². The average molecular weight is 864 g/mol. The highest BCUT2D eigenvalue weighted by Gasteiger charge is 2.27. The molecular formula is C61H61N5. The summed E-state index contributed by atoms with van der Waals surface area (Å²) in [6, 6.07) is 55.6. The second kappa shape index (κ2) is 15.4. The number of para-hydroxylation sites is 4. The Balaban J connectivity index is 1.38. The van der Waals surface area contributed by atoms with Crippen molar-refractivity contribution in [2.45, 2.75) is 105 Å². The number of aromatic nitrogens is 5. The third kappa shape index (κ3) is 7.58. The fourth-order valence-corrected chi connectivity index (χ4v) is 9.41. The lowest BCUT2D eigenvalue weighted by Crippen LogP contribution is -2.17. The highest BCUT2D eigenvalue weighted by Crippen LogP contribution is 2.43. The van der Waals surface area contributed by atoms with E-state index >= 15 is 0 Å². The van der Waals surface area contributed by atoms with E-state index in [-0.39, 0.29) is 21.7 Å². The minimum Gasteiger partial charge on any atom is -0.309 e. The third-order valence-electron chi connectivity index (χ3n) is 13.3. The van der Waals surface area contributed by atoms with Crippen molar-refractivity contribution in [1.29, 1.82) is 0 Å². The Labute approximate surface area is 390 Å². The van der Waals surface area contributed by atoms with Crippen LogP contribution in [0.15, 0.2) is 152 Å². The van der Waals surface area contributed by atoms with Crippen LogP contribution in [0.3, 0.4) is 0 Å². The first kappa shape index (κ1) is 43.1. The molecule has 0 atom stereocenters. The molecule has 0 saturated carbocycles. The van der Waals surface area contributed by atoms with Crippen LogP contribution in [0, 0.1) is 0 Å². The van der Waals surface area contributed by atoms with Crippen molar-refractivity contribution in [3.8, 4) is 45.5 Å². The van der Waals surface area contributed by atoms with Gasteiger partial charge in [0.1, 0.15) is 0 Å². The molecular weight excluding hydrogens is 803 g/mol. The van der Waals surface area contributed by atoms with E-state index in [1.165, 1.54) is 38.4 Å². The lowest BCUT2D eigenvalue weighted by atomic mass is 9.79. The van der Waals surface area contributed by atoms with Gasteiger partial charge in [0.15, 0.2) is 17.5 Å². The molecule has 330 valence electrons. The van der Waals surface area contributed by atoms with E-state index in [9.17, 15) is 0 Å². The summed E-state index contributed by atoms with van der Waals surface area (Å²) >= 11 is 0. The number of hydrogen-bond acceptors (Lipinski definition) is 3. The van der Waals surface area contributed by atoms with Crippen molar-refractivity contribution >= 4 is 43.6 Å². The molecule has 0 saturated heterocycles. The van der Waals surface area contributed by atoms with E-state index in [1.54, 1.807) is 0 Å². The molecule has 7 aromatic carbocycles. The van der Waals surface area contributed by atoms with Gasteiger partial charge in [-0.15, -0.1) is 0 Å². The van der Waals surface area contributed by atoms with Crippen LogP contribution < -0.4 is 0 Å². The third-order valence-corrected chi connectivity index (χ3v) is 13.3. The summed E-state index contributed by atoms with van der Waals surface area (Å²) in [4.78, 5) is 16.8. The first-order chi connectivity index (χ1) is 31.2. The largest absolute Gasteiger partial charge is 0.309 e. The minimum atomic E-state index is -0.100. The van der Waals surface area contributed by atoms with Gasteiger partial charge in [0.05, 0.1) is 27.8 Å². The van der Waals surface area contributed by atoms with Gasteiger partial charge in [-0.1, -0.05) is 168 Å². The summed E-state index contributed by atoms with van der Waals surface area (Å²) in [7, 11) is 0. The molecule has 66 heavy (non-hydrogen) atoms. The molecule has 10 rings (SSSR count). The molecule has 0 aliphatic heterocycles. The van der Waals surface area contributed by atoms with Gasteiger partial charge in [0.2, 0.25) is 0 Å². The molecule has 0 amide bonds. The van der Waals surface area contributed by atoms with Crippen LogP contribution in [-0.2, 0) is 21.7 Å². The van der Waals surface area contributed by atoms with Gasteiger partial charge < -0.3 is 9.13 Å². The fraction of sp³-hybridized carbons (Fsp3) is 0.262. The highest BCUT2D eigenvalue weighted by molar-refractivity contribution is 6.13. The lowest BCUT2D eigenvalue weighted by Gasteiger charge is -2.26. The van der Waals surface area contributed by atoms with Crippen LogP contribution in [0.2, 0.25) is 0 Å². The van der Waals surface area contributed by atoms with E-state index in [0.717, 1.165) is 55.5 Å². The molecule has 0 aliphatic rings. The predicted molar refractivity (Wildman–Crippen MR) is 280 cm³/mol. The van der Waals surface area contributed by atoms with E-state index < -0.39 is 0 Å². The van der Waals surface area contributed by atoms with Crippen molar-refractivity contribution in [1.82, 2.24) is 24.1 Å². The SMILES string of the molecule is CC(C)(C)c1cc(-c2nc(-c3cc(C(C)(C)C)cc(C(C)(C)C)c3)nc(-c3cc4c(cc3-n3c5ccccc5c5ccccc53)c3ccccc3n4-c3ccccc3)n2)cc(C(C)(C)C)c1. The second-order valence-corrected chi connectivity index (χ2v) is 22.3. The van der Waals surface area contributed by atoms with E-state index in [4.69, 9.17) is 15.0 Å². The van der Waals surface area contributed by atoms with Crippen LogP contribution in [0.4, 0.5) is 0 Å². The number of rotatable bonds is 5. The zero-order valence-electron chi connectivity index (χ0n) is 40.7. The minimum absolute atomic E-state index is 0.100. The lowest BCUT2D eigenvalue weighted by molar-refractivity contribution is 0.568. The number of hydrogen-bond donors (Lipinski definition) is 0. The van der Waals surface area contributed by atoms with Gasteiger partial charge in [-0.3, -0.25) is 0 Å². The van der Waals surface area contributed by atoms with Crippen LogP contribution in [0.5, 0.6) is 0 Å². The Hall–Kier alpha value is -6.85. The van der Waals surface area contributed by atoms with Crippen molar-refractivity contribution in [2.24, 2.45) is 0 Å². The summed E-state index contributed by atoms with van der Waals surface area (Å²) in [6.07, 6.45) is 0. The zero-order valence-corrected chi connectivity index (χ0v) is 40.7. The summed E-state index contributed by atoms with van der Waals surface area (Å²) in [5.41, 5.74) is 14.1. The van der Waals surface area contributed by atoms with Crippen LogP contribution in [-0.4, -0.2) is 24.1 Å². The maximum Gasteiger partial charge on any atom is 0.166 e. The molecule has 10 aromatic rings. The molecule has 0 aliphatic carbocycles. The van der Waals surface area contributed by atoms with Crippen molar-refractivity contribution in [3.05, 3.63) is 174 Å². The summed E-state index contributed by atoms with van der Waals surface area (Å²) < 4.78 is 4.81. The topological polar surface area (TPSA) is 48.5 Å². The number of benzene rings is 7. The van der Waals surface area contributed by atoms with Gasteiger partial charge in [0.25, 0.3) is 0 Å². The first-order valence-electron chi connectivity index (χ1n) is 23.4. The second-order valence-electron chi connectivity index (χ2n) is 22.3. The summed E-state index contributed by atoms with van der Waals surface area (Å²) in [6.45, 7) is 27.4. The average Bonchev–Trinajstić information content (AvgIpc) is 3.79. The van der Waals surface area contributed by atoms with Gasteiger partial charge in [-0.25, -0.2) is 15.0 Å². The van der Waals surface area contributed by atoms with Crippen LogP contribution in [0.25, 0.3) is 89.2 Å². The standard InChI is InChI=1S/C61H61N5/c1-58(2,3)40-30-38(31-41(34-40)59(4,5)6)55-62-56(39-32-42(60(7,8)9)35-43(33-39)61(10,11)12)64-57(63-55)49-37-53-48(47-26-18-19-27-50(47)65(53)44-22-14-13-15-23-44)36-54(49)66-51-28-20-16-24-45(51)46-25-17-21-29-52(46)66/h13-37H,1-12H3. The smallest absolute Gasteiger partial charge is 0.166 e. The quantitative estimate of drug-likeness (QED) is 0.173.